The molecule has 2 aromatic carbocycles. The Morgan fingerprint density at radius 2 is 1.91 bits per heavy atom. The maximum absolute atomic E-state index is 12.3. The van der Waals surface area contributed by atoms with Crippen LogP contribution in [0.25, 0.3) is 11.0 Å². The largest absolute Gasteiger partial charge is 0.496 e. The zero-order valence-corrected chi connectivity index (χ0v) is 12.8. The van der Waals surface area contributed by atoms with Gasteiger partial charge in [0.1, 0.15) is 16.9 Å². The smallest absolute Gasteiger partial charge is 0.349 e. The number of hydrogen-bond donors (Lipinski definition) is 1. The fourth-order valence-electron chi connectivity index (χ4n) is 2.37. The van der Waals surface area contributed by atoms with Gasteiger partial charge in [-0.05, 0) is 42.8 Å². The predicted molar refractivity (Wildman–Crippen MR) is 88.2 cm³/mol. The Labute approximate surface area is 132 Å². The van der Waals surface area contributed by atoms with Crippen molar-refractivity contribution in [2.45, 2.75) is 6.92 Å². The molecule has 3 rings (SSSR count). The molecule has 0 atom stereocenters. The second-order valence-corrected chi connectivity index (χ2v) is 5.12. The molecule has 0 saturated heterocycles. The van der Waals surface area contributed by atoms with Crippen molar-refractivity contribution in [1.82, 2.24) is 0 Å². The molecule has 1 heterocycles. The fraction of sp³-hybridized carbons (Fsp3) is 0.111. The summed E-state index contributed by atoms with van der Waals surface area (Å²) in [5, 5.41) is 3.40. The summed E-state index contributed by atoms with van der Waals surface area (Å²) < 4.78 is 10.4. The van der Waals surface area contributed by atoms with Gasteiger partial charge in [-0.25, -0.2) is 4.79 Å². The van der Waals surface area contributed by atoms with Crippen molar-refractivity contribution >= 4 is 22.6 Å². The van der Waals surface area contributed by atoms with E-state index in [1.165, 1.54) is 6.07 Å². The molecule has 0 saturated carbocycles. The van der Waals surface area contributed by atoms with Crippen LogP contribution in [0, 0.1) is 6.92 Å². The lowest BCUT2D eigenvalue weighted by atomic mass is 10.1. The quantitative estimate of drug-likeness (QED) is 0.753. The monoisotopic (exact) mass is 309 g/mol. The first-order valence-corrected chi connectivity index (χ1v) is 7.07. The third-order valence-corrected chi connectivity index (χ3v) is 3.54. The average molecular weight is 309 g/mol. The van der Waals surface area contributed by atoms with Crippen molar-refractivity contribution in [1.29, 1.82) is 0 Å². The number of methoxy groups -OCH3 is 1. The van der Waals surface area contributed by atoms with Gasteiger partial charge in [0.2, 0.25) is 0 Å². The Balaban J connectivity index is 1.93. The zero-order chi connectivity index (χ0) is 16.4. The van der Waals surface area contributed by atoms with Gasteiger partial charge in [0.15, 0.2) is 0 Å². The van der Waals surface area contributed by atoms with Crippen LogP contribution in [-0.2, 0) is 0 Å². The van der Waals surface area contributed by atoms with Crippen LogP contribution in [0.4, 0.5) is 5.69 Å². The zero-order valence-electron chi connectivity index (χ0n) is 12.8. The van der Waals surface area contributed by atoms with E-state index in [0.717, 1.165) is 11.3 Å². The number of hydrogen-bond acceptors (Lipinski definition) is 4. The molecule has 1 amide bonds. The number of nitrogens with one attached hydrogen (secondary N) is 1. The van der Waals surface area contributed by atoms with Crippen molar-refractivity contribution in [3.63, 3.8) is 0 Å². The van der Waals surface area contributed by atoms with E-state index in [1.54, 1.807) is 43.5 Å². The number of carbonyl (C=O) groups is 1. The topological polar surface area (TPSA) is 68.5 Å². The van der Waals surface area contributed by atoms with Crippen molar-refractivity contribution in [2.75, 3.05) is 12.4 Å². The number of anilines is 1. The van der Waals surface area contributed by atoms with Gasteiger partial charge in [0.05, 0.1) is 7.11 Å². The number of fused-ring (bicyclic) bond motifs is 1. The summed E-state index contributed by atoms with van der Waals surface area (Å²) in [7, 11) is 1.58. The van der Waals surface area contributed by atoms with Crippen LogP contribution in [-0.4, -0.2) is 13.0 Å². The van der Waals surface area contributed by atoms with Gasteiger partial charge in [-0.15, -0.1) is 0 Å². The number of carbonyl (C=O) groups excluding carboxylic acids is 1. The van der Waals surface area contributed by atoms with E-state index in [0.29, 0.717) is 16.7 Å². The van der Waals surface area contributed by atoms with E-state index in [2.05, 4.69) is 5.32 Å². The first kappa shape index (κ1) is 14.8. The number of rotatable bonds is 3. The highest BCUT2D eigenvalue weighted by Gasteiger charge is 2.14. The molecule has 1 aromatic heterocycles. The minimum Gasteiger partial charge on any atom is -0.496 e. The van der Waals surface area contributed by atoms with Gasteiger partial charge < -0.3 is 14.5 Å². The second-order valence-electron chi connectivity index (χ2n) is 5.12. The van der Waals surface area contributed by atoms with Crippen molar-refractivity contribution in [2.24, 2.45) is 0 Å². The van der Waals surface area contributed by atoms with Crippen LogP contribution in [0.1, 0.15) is 15.9 Å². The number of aryl methyl sites for hydroxylation is 1. The van der Waals surface area contributed by atoms with E-state index in [1.807, 2.05) is 13.0 Å². The Bertz CT molecular complexity index is 943. The van der Waals surface area contributed by atoms with Crippen LogP contribution >= 0.6 is 0 Å². The minimum absolute atomic E-state index is 0.0304. The Kier molecular flexibility index (Phi) is 3.85. The summed E-state index contributed by atoms with van der Waals surface area (Å²) >= 11 is 0. The molecule has 5 nitrogen and oxygen atoms in total. The lowest BCUT2D eigenvalue weighted by Crippen LogP contribution is -2.20. The van der Waals surface area contributed by atoms with E-state index in [4.69, 9.17) is 9.15 Å². The number of ether oxygens (including phenoxy) is 1. The summed E-state index contributed by atoms with van der Waals surface area (Å²) in [5.74, 6) is 0.224. The van der Waals surface area contributed by atoms with E-state index >= 15 is 0 Å². The first-order valence-electron chi connectivity index (χ1n) is 7.07. The lowest BCUT2D eigenvalue weighted by molar-refractivity contribution is 0.102. The molecule has 0 aliphatic rings. The molecule has 3 aromatic rings. The van der Waals surface area contributed by atoms with Crippen molar-refractivity contribution in [3.05, 3.63) is 70.1 Å². The second kappa shape index (κ2) is 5.96. The van der Waals surface area contributed by atoms with Crippen LogP contribution < -0.4 is 15.7 Å². The molecule has 0 unspecified atom stereocenters. The van der Waals surface area contributed by atoms with E-state index < -0.39 is 11.5 Å². The van der Waals surface area contributed by atoms with Gasteiger partial charge >= 0.3 is 5.63 Å². The van der Waals surface area contributed by atoms with E-state index in [-0.39, 0.29) is 5.56 Å². The molecule has 0 bridgehead atoms. The van der Waals surface area contributed by atoms with Crippen LogP contribution in [0.15, 0.2) is 57.7 Å². The van der Waals surface area contributed by atoms with Crippen LogP contribution in [0.2, 0.25) is 0 Å². The SMILES string of the molecule is COc1ccc(NC(=O)c2cc3ccccc3oc2=O)cc1C. The highest BCUT2D eigenvalue weighted by Crippen LogP contribution is 2.22. The number of para-hydroxylation sites is 1. The van der Waals surface area contributed by atoms with Gasteiger partial charge in [-0.2, -0.15) is 0 Å². The summed E-state index contributed by atoms with van der Waals surface area (Å²) in [6.45, 7) is 1.87. The summed E-state index contributed by atoms with van der Waals surface area (Å²) in [5.41, 5.74) is 1.23. The maximum Gasteiger partial charge on any atom is 0.349 e. The van der Waals surface area contributed by atoms with Gasteiger partial charge in [-0.3, -0.25) is 4.79 Å². The van der Waals surface area contributed by atoms with Gasteiger partial charge in [0.25, 0.3) is 5.91 Å². The Morgan fingerprint density at radius 3 is 2.65 bits per heavy atom. The van der Waals surface area contributed by atoms with Crippen LogP contribution in [0.3, 0.4) is 0 Å². The highest BCUT2D eigenvalue weighted by atomic mass is 16.5. The minimum atomic E-state index is -0.661. The van der Waals surface area contributed by atoms with Gasteiger partial charge in [-0.1, -0.05) is 18.2 Å². The molecular formula is C18H15NO4. The third kappa shape index (κ3) is 2.94. The summed E-state index contributed by atoms with van der Waals surface area (Å²) in [4.78, 5) is 24.3. The Morgan fingerprint density at radius 1 is 1.13 bits per heavy atom. The number of amides is 1. The Hall–Kier alpha value is -3.08. The van der Waals surface area contributed by atoms with Gasteiger partial charge in [0, 0.05) is 11.1 Å². The normalized spacial score (nSPS) is 10.5. The molecule has 116 valence electrons. The average Bonchev–Trinajstić information content (AvgIpc) is 2.54. The molecule has 0 fully saturated rings. The standard InChI is InChI=1S/C18H15NO4/c1-11-9-13(7-8-15(11)22-2)19-17(20)14-10-12-5-3-4-6-16(12)23-18(14)21/h3-10H,1-2H3,(H,19,20). The maximum atomic E-state index is 12.3. The first-order chi connectivity index (χ1) is 11.1. The summed E-state index contributed by atoms with van der Waals surface area (Å²) in [6.07, 6.45) is 0. The third-order valence-electron chi connectivity index (χ3n) is 3.54. The molecular weight excluding hydrogens is 294 g/mol. The molecule has 0 aliphatic heterocycles. The molecule has 0 aliphatic carbocycles. The predicted octanol–water partition coefficient (Wildman–Crippen LogP) is 3.36. The molecule has 5 heteroatoms. The van der Waals surface area contributed by atoms with E-state index in [9.17, 15) is 9.59 Å². The van der Waals surface area contributed by atoms with Crippen LogP contribution in [0.5, 0.6) is 5.75 Å². The summed E-state index contributed by atoms with van der Waals surface area (Å²) in [6, 6.07) is 13.8. The highest BCUT2D eigenvalue weighted by molar-refractivity contribution is 6.05. The molecule has 0 radical (unpaired) electrons. The lowest BCUT2D eigenvalue weighted by Gasteiger charge is -2.09. The number of benzene rings is 2. The van der Waals surface area contributed by atoms with Crippen molar-refractivity contribution in [3.8, 4) is 5.75 Å². The molecule has 0 spiro atoms. The van der Waals surface area contributed by atoms with Crippen molar-refractivity contribution < 1.29 is 13.9 Å². The molecule has 1 N–H and O–H groups in total. The molecule has 23 heavy (non-hydrogen) atoms. The fourth-order valence-corrected chi connectivity index (χ4v) is 2.37.